The fourth-order valence-electron chi connectivity index (χ4n) is 3.63. The first-order chi connectivity index (χ1) is 17.6. The Hall–Kier alpha value is -4.13. The number of carbonyl (C=O) groups is 3. The van der Waals surface area contributed by atoms with E-state index >= 15 is 0 Å². The molecule has 0 fully saturated rings. The maximum Gasteiger partial charge on any atom is 0.308 e. The van der Waals surface area contributed by atoms with Gasteiger partial charge in [0.25, 0.3) is 5.91 Å². The Labute approximate surface area is 218 Å². The van der Waals surface area contributed by atoms with E-state index in [4.69, 9.17) is 9.47 Å². The Bertz CT molecular complexity index is 1230. The van der Waals surface area contributed by atoms with Crippen LogP contribution in [0.2, 0.25) is 0 Å². The first-order valence-corrected chi connectivity index (χ1v) is 12.3. The molecular weight excluding hydrogens is 468 g/mol. The smallest absolute Gasteiger partial charge is 0.308 e. The van der Waals surface area contributed by atoms with E-state index in [0.29, 0.717) is 36.4 Å². The minimum atomic E-state index is -0.455. The van der Waals surface area contributed by atoms with Crippen molar-refractivity contribution in [2.75, 3.05) is 11.9 Å². The number of hydrogen-bond donors (Lipinski definition) is 2. The van der Waals surface area contributed by atoms with Crippen molar-refractivity contribution in [1.82, 2.24) is 5.32 Å². The number of esters is 1. The summed E-state index contributed by atoms with van der Waals surface area (Å²) in [6.45, 7) is 8.46. The average Bonchev–Trinajstić information content (AvgIpc) is 2.85. The summed E-state index contributed by atoms with van der Waals surface area (Å²) in [5, 5.41) is 5.77. The number of carbonyl (C=O) groups excluding carboxylic acids is 3. The molecule has 7 heteroatoms. The molecule has 2 amide bonds. The van der Waals surface area contributed by atoms with Gasteiger partial charge in [-0.2, -0.15) is 0 Å². The maximum atomic E-state index is 12.6. The summed E-state index contributed by atoms with van der Waals surface area (Å²) in [6.07, 6.45) is 0.883. The van der Waals surface area contributed by atoms with Gasteiger partial charge in [-0.1, -0.05) is 57.2 Å². The molecule has 0 atom stereocenters. The molecule has 0 saturated heterocycles. The fourth-order valence-corrected chi connectivity index (χ4v) is 3.63. The summed E-state index contributed by atoms with van der Waals surface area (Å²) in [4.78, 5) is 36.3. The van der Waals surface area contributed by atoms with Crippen LogP contribution in [-0.4, -0.2) is 24.4 Å². The highest BCUT2D eigenvalue weighted by molar-refractivity contribution is 5.95. The van der Waals surface area contributed by atoms with E-state index < -0.39 is 5.97 Å². The van der Waals surface area contributed by atoms with Crippen LogP contribution in [0.4, 0.5) is 5.69 Å². The highest BCUT2D eigenvalue weighted by Crippen LogP contribution is 2.24. The molecule has 0 aliphatic heterocycles. The normalized spacial score (nSPS) is 10.9. The van der Waals surface area contributed by atoms with Crippen molar-refractivity contribution < 1.29 is 23.9 Å². The molecule has 0 spiro atoms. The predicted molar refractivity (Wildman–Crippen MR) is 144 cm³/mol. The molecule has 0 aromatic heterocycles. The second-order valence-electron chi connectivity index (χ2n) is 9.74. The molecule has 0 radical (unpaired) electrons. The molecule has 0 saturated carbocycles. The summed E-state index contributed by atoms with van der Waals surface area (Å²) in [6, 6.07) is 21.7. The van der Waals surface area contributed by atoms with E-state index in [2.05, 4.69) is 43.5 Å². The van der Waals surface area contributed by atoms with E-state index in [1.165, 1.54) is 18.6 Å². The number of para-hydroxylation sites is 1. The number of hydrogen-bond acceptors (Lipinski definition) is 5. The first-order valence-electron chi connectivity index (χ1n) is 12.3. The largest absolute Gasteiger partial charge is 0.494 e. The zero-order valence-corrected chi connectivity index (χ0v) is 21.8. The number of nitrogens with one attached hydrogen (secondary N) is 2. The third kappa shape index (κ3) is 8.79. The number of amides is 2. The fraction of sp³-hybridized carbons (Fsp3) is 0.300. The lowest BCUT2D eigenvalue weighted by atomic mass is 9.87. The average molecular weight is 503 g/mol. The van der Waals surface area contributed by atoms with Crippen molar-refractivity contribution in [3.63, 3.8) is 0 Å². The molecule has 3 aromatic rings. The minimum Gasteiger partial charge on any atom is -0.494 e. The predicted octanol–water partition coefficient (Wildman–Crippen LogP) is 5.64. The lowest BCUT2D eigenvalue weighted by Crippen LogP contribution is -2.24. The molecule has 0 heterocycles. The van der Waals surface area contributed by atoms with E-state index in [1.807, 2.05) is 30.3 Å². The van der Waals surface area contributed by atoms with Crippen LogP contribution in [0.3, 0.4) is 0 Å². The third-order valence-electron chi connectivity index (χ3n) is 5.63. The molecule has 7 nitrogen and oxygen atoms in total. The molecule has 3 aromatic carbocycles. The van der Waals surface area contributed by atoms with Crippen LogP contribution >= 0.6 is 0 Å². The van der Waals surface area contributed by atoms with Crippen molar-refractivity contribution in [1.29, 1.82) is 0 Å². The van der Waals surface area contributed by atoms with Gasteiger partial charge in [0.15, 0.2) is 0 Å². The van der Waals surface area contributed by atoms with E-state index in [-0.39, 0.29) is 23.8 Å². The van der Waals surface area contributed by atoms with E-state index in [0.717, 1.165) is 11.3 Å². The van der Waals surface area contributed by atoms with Crippen LogP contribution in [0.1, 0.15) is 62.0 Å². The minimum absolute atomic E-state index is 0.0893. The van der Waals surface area contributed by atoms with Crippen molar-refractivity contribution in [2.45, 2.75) is 52.5 Å². The van der Waals surface area contributed by atoms with Gasteiger partial charge in [-0.3, -0.25) is 14.4 Å². The molecule has 3 rings (SSSR count). The molecule has 0 aliphatic carbocycles. The van der Waals surface area contributed by atoms with E-state index in [1.54, 1.807) is 24.3 Å². The lowest BCUT2D eigenvalue weighted by molar-refractivity contribution is -0.131. The highest BCUT2D eigenvalue weighted by Gasteiger charge is 2.13. The monoisotopic (exact) mass is 502 g/mol. The summed E-state index contributed by atoms with van der Waals surface area (Å²) in [5.74, 6) is 0.192. The van der Waals surface area contributed by atoms with Crippen molar-refractivity contribution in [3.8, 4) is 11.5 Å². The first kappa shape index (κ1) is 27.5. The van der Waals surface area contributed by atoms with E-state index in [9.17, 15) is 14.4 Å². The van der Waals surface area contributed by atoms with Crippen molar-refractivity contribution in [2.24, 2.45) is 0 Å². The van der Waals surface area contributed by atoms with Gasteiger partial charge in [0, 0.05) is 31.1 Å². The van der Waals surface area contributed by atoms with Crippen LogP contribution in [0.15, 0.2) is 72.8 Å². The number of ether oxygens (including phenoxy) is 2. The zero-order valence-electron chi connectivity index (χ0n) is 21.8. The van der Waals surface area contributed by atoms with Crippen LogP contribution in [0.5, 0.6) is 11.5 Å². The second-order valence-corrected chi connectivity index (χ2v) is 9.74. The van der Waals surface area contributed by atoms with Gasteiger partial charge in [-0.25, -0.2) is 0 Å². The molecule has 194 valence electrons. The SMILES string of the molecule is CC(=O)Oc1cccc(C(=O)NCc2ccccc2NC(=O)CCCOc2ccc(C(C)(C)C)cc2)c1. The Balaban J connectivity index is 1.47. The molecule has 0 aliphatic rings. The molecule has 0 bridgehead atoms. The molecular formula is C30H34N2O5. The Kier molecular flexibility index (Phi) is 9.44. The summed E-state index contributed by atoms with van der Waals surface area (Å²) < 4.78 is 10.8. The van der Waals surface area contributed by atoms with Gasteiger partial charge in [0.05, 0.1) is 6.61 Å². The summed E-state index contributed by atoms with van der Waals surface area (Å²) in [7, 11) is 0. The third-order valence-corrected chi connectivity index (χ3v) is 5.63. The number of anilines is 1. The molecule has 0 unspecified atom stereocenters. The Morgan fingerprint density at radius 3 is 2.30 bits per heavy atom. The summed E-state index contributed by atoms with van der Waals surface area (Å²) >= 11 is 0. The van der Waals surface area contributed by atoms with Crippen LogP contribution < -0.4 is 20.1 Å². The van der Waals surface area contributed by atoms with Gasteiger partial charge in [-0.05, 0) is 59.4 Å². The number of benzene rings is 3. The standard InChI is InChI=1S/C30H34N2O5/c1-21(33)37-26-11-7-10-22(19-26)29(35)31-20-23-9-5-6-12-27(23)32-28(34)13-8-18-36-25-16-14-24(15-17-25)30(2,3)4/h5-7,9-12,14-17,19H,8,13,18,20H2,1-4H3,(H,31,35)(H,32,34). The van der Waals surface area contributed by atoms with Gasteiger partial charge in [0.1, 0.15) is 11.5 Å². The highest BCUT2D eigenvalue weighted by atomic mass is 16.5. The lowest BCUT2D eigenvalue weighted by Gasteiger charge is -2.19. The Morgan fingerprint density at radius 2 is 1.59 bits per heavy atom. The van der Waals surface area contributed by atoms with Crippen LogP contribution in [-0.2, 0) is 21.5 Å². The van der Waals surface area contributed by atoms with Crippen molar-refractivity contribution in [3.05, 3.63) is 89.5 Å². The maximum absolute atomic E-state index is 12.6. The Morgan fingerprint density at radius 1 is 0.865 bits per heavy atom. The topological polar surface area (TPSA) is 93.7 Å². The van der Waals surface area contributed by atoms with Gasteiger partial charge in [-0.15, -0.1) is 0 Å². The van der Waals surface area contributed by atoms with Crippen LogP contribution in [0, 0.1) is 0 Å². The van der Waals surface area contributed by atoms with Crippen LogP contribution in [0.25, 0.3) is 0 Å². The summed E-state index contributed by atoms with van der Waals surface area (Å²) in [5.41, 5.74) is 3.11. The molecule has 2 N–H and O–H groups in total. The van der Waals surface area contributed by atoms with Gasteiger partial charge in [0.2, 0.25) is 5.91 Å². The van der Waals surface area contributed by atoms with Gasteiger partial charge >= 0.3 is 5.97 Å². The van der Waals surface area contributed by atoms with Crippen molar-refractivity contribution >= 4 is 23.5 Å². The quantitative estimate of drug-likeness (QED) is 0.213. The zero-order chi connectivity index (χ0) is 26.8. The number of rotatable bonds is 10. The van der Waals surface area contributed by atoms with Gasteiger partial charge < -0.3 is 20.1 Å². The second kappa shape index (κ2) is 12.7. The molecule has 37 heavy (non-hydrogen) atoms.